The minimum atomic E-state index is -3.17. The molecule has 8 heteroatoms. The maximum atomic E-state index is 13.5. The molecule has 0 unspecified atom stereocenters. The Morgan fingerprint density at radius 1 is 1.09 bits per heavy atom. The molecule has 4 rings (SSSR count). The zero-order valence-electron chi connectivity index (χ0n) is 17.7. The summed E-state index contributed by atoms with van der Waals surface area (Å²) in [5, 5.41) is 2.78. The highest BCUT2D eigenvalue weighted by molar-refractivity contribution is 7.91. The third-order valence-electron chi connectivity index (χ3n) is 5.58. The number of amides is 2. The normalized spacial score (nSPS) is 17.1. The Hall–Kier alpha value is -3.39. The van der Waals surface area contributed by atoms with Gasteiger partial charge in [0, 0.05) is 23.8 Å². The number of hydrogen-bond donors (Lipinski definition) is 1. The molecule has 0 radical (unpaired) electrons. The molecule has 1 atom stereocenters. The third kappa shape index (κ3) is 4.91. The van der Waals surface area contributed by atoms with Gasteiger partial charge in [0.15, 0.2) is 15.6 Å². The number of nitrogens with one attached hydrogen (secondary N) is 1. The average Bonchev–Trinajstić information content (AvgIpc) is 3.43. The van der Waals surface area contributed by atoms with Gasteiger partial charge in [-0.2, -0.15) is 0 Å². The Kier molecular flexibility index (Phi) is 6.14. The topological polar surface area (TPSA) is 96.7 Å². The molecule has 7 nitrogen and oxygen atoms in total. The molecule has 0 saturated carbocycles. The Morgan fingerprint density at radius 2 is 1.88 bits per heavy atom. The van der Waals surface area contributed by atoms with Crippen LogP contribution in [0.3, 0.4) is 0 Å². The molecule has 2 aromatic carbocycles. The molecule has 0 spiro atoms. The standard InChI is InChI=1S/C24H24N2O5S/c1-17-9-10-19(14-21(17)25-23(27)22-8-5-12-31-22)24(28)26(15-18-6-3-2-4-7-18)20-11-13-32(29,30)16-20/h2-10,12,14,20H,11,13,15-16H2,1H3,(H,25,27)/t20-/m1/s1. The van der Waals surface area contributed by atoms with E-state index in [1.54, 1.807) is 35.2 Å². The smallest absolute Gasteiger partial charge is 0.291 e. The zero-order valence-corrected chi connectivity index (χ0v) is 18.5. The molecule has 1 saturated heterocycles. The molecule has 1 N–H and O–H groups in total. The molecule has 2 amide bonds. The second-order valence-electron chi connectivity index (χ2n) is 7.94. The minimum Gasteiger partial charge on any atom is -0.459 e. The van der Waals surface area contributed by atoms with E-state index in [2.05, 4.69) is 5.32 Å². The predicted octanol–water partition coefficient (Wildman–Crippen LogP) is 3.67. The van der Waals surface area contributed by atoms with Gasteiger partial charge in [-0.25, -0.2) is 8.42 Å². The van der Waals surface area contributed by atoms with Crippen LogP contribution in [-0.2, 0) is 16.4 Å². The van der Waals surface area contributed by atoms with Gasteiger partial charge in [0.05, 0.1) is 17.8 Å². The van der Waals surface area contributed by atoms with Gasteiger partial charge in [-0.15, -0.1) is 0 Å². The fraction of sp³-hybridized carbons (Fsp3) is 0.250. The van der Waals surface area contributed by atoms with E-state index in [0.29, 0.717) is 24.2 Å². The fourth-order valence-electron chi connectivity index (χ4n) is 3.82. The number of anilines is 1. The second kappa shape index (κ2) is 9.00. The summed E-state index contributed by atoms with van der Waals surface area (Å²) in [6.07, 6.45) is 1.83. The van der Waals surface area contributed by atoms with E-state index < -0.39 is 21.8 Å². The third-order valence-corrected chi connectivity index (χ3v) is 7.33. The summed E-state index contributed by atoms with van der Waals surface area (Å²) >= 11 is 0. The van der Waals surface area contributed by atoms with Crippen LogP contribution in [0.4, 0.5) is 5.69 Å². The molecule has 3 aromatic rings. The van der Waals surface area contributed by atoms with Crippen molar-refractivity contribution in [3.63, 3.8) is 0 Å². The first-order valence-corrected chi connectivity index (χ1v) is 12.2. The Balaban J connectivity index is 1.62. The van der Waals surface area contributed by atoms with E-state index in [4.69, 9.17) is 4.42 Å². The minimum absolute atomic E-state index is 0.0421. The van der Waals surface area contributed by atoms with Crippen molar-refractivity contribution in [2.75, 3.05) is 16.8 Å². The lowest BCUT2D eigenvalue weighted by molar-refractivity contribution is 0.0680. The summed E-state index contributed by atoms with van der Waals surface area (Å²) in [5.74, 6) is -0.480. The number of nitrogens with zero attached hydrogens (tertiary/aromatic N) is 1. The molecule has 32 heavy (non-hydrogen) atoms. The van der Waals surface area contributed by atoms with E-state index >= 15 is 0 Å². The van der Waals surface area contributed by atoms with Gasteiger partial charge in [0.25, 0.3) is 11.8 Å². The Labute approximate surface area is 187 Å². The van der Waals surface area contributed by atoms with Gasteiger partial charge in [0.2, 0.25) is 0 Å². The first-order chi connectivity index (χ1) is 15.3. The van der Waals surface area contributed by atoms with Crippen molar-refractivity contribution in [2.45, 2.75) is 25.9 Å². The van der Waals surface area contributed by atoms with Gasteiger partial charge in [-0.3, -0.25) is 9.59 Å². The van der Waals surface area contributed by atoms with Crippen LogP contribution in [0.5, 0.6) is 0 Å². The Morgan fingerprint density at radius 3 is 2.53 bits per heavy atom. The SMILES string of the molecule is Cc1ccc(C(=O)N(Cc2ccccc2)[C@@H]2CCS(=O)(=O)C2)cc1NC(=O)c1ccco1. The van der Waals surface area contributed by atoms with Crippen LogP contribution in [0.25, 0.3) is 0 Å². The van der Waals surface area contributed by atoms with E-state index in [0.717, 1.165) is 11.1 Å². The van der Waals surface area contributed by atoms with Crippen molar-refractivity contribution < 1.29 is 22.4 Å². The summed E-state index contributed by atoms with van der Waals surface area (Å²) < 4.78 is 29.3. The number of benzene rings is 2. The van der Waals surface area contributed by atoms with Gasteiger partial charge >= 0.3 is 0 Å². The van der Waals surface area contributed by atoms with Crippen molar-refractivity contribution in [3.8, 4) is 0 Å². The number of hydrogen-bond acceptors (Lipinski definition) is 5. The lowest BCUT2D eigenvalue weighted by Crippen LogP contribution is -2.40. The van der Waals surface area contributed by atoms with Crippen molar-refractivity contribution in [3.05, 3.63) is 89.4 Å². The van der Waals surface area contributed by atoms with Crippen LogP contribution in [0, 0.1) is 6.92 Å². The molecule has 1 aromatic heterocycles. The molecule has 1 aliphatic rings. The molecule has 1 fully saturated rings. The molecule has 166 valence electrons. The van der Waals surface area contributed by atoms with E-state index in [1.165, 1.54) is 6.26 Å². The number of aryl methyl sites for hydroxylation is 1. The predicted molar refractivity (Wildman–Crippen MR) is 121 cm³/mol. The fourth-order valence-corrected chi connectivity index (χ4v) is 5.55. The molecular weight excluding hydrogens is 428 g/mol. The summed E-state index contributed by atoms with van der Waals surface area (Å²) in [6, 6.07) is 17.4. The zero-order chi connectivity index (χ0) is 22.7. The molecule has 1 aliphatic heterocycles. The van der Waals surface area contributed by atoms with Crippen LogP contribution in [0.1, 0.15) is 38.5 Å². The first kappa shape index (κ1) is 21.8. The molecule has 0 bridgehead atoms. The Bertz CT molecular complexity index is 1220. The quantitative estimate of drug-likeness (QED) is 0.616. The van der Waals surface area contributed by atoms with Gasteiger partial charge in [0.1, 0.15) is 0 Å². The maximum absolute atomic E-state index is 13.5. The van der Waals surface area contributed by atoms with Crippen LogP contribution in [-0.4, -0.2) is 42.7 Å². The summed E-state index contributed by atoms with van der Waals surface area (Å²) in [4.78, 5) is 27.6. The lowest BCUT2D eigenvalue weighted by Gasteiger charge is -2.29. The van der Waals surface area contributed by atoms with Gasteiger partial charge in [-0.1, -0.05) is 36.4 Å². The number of rotatable bonds is 6. The van der Waals surface area contributed by atoms with Crippen LogP contribution < -0.4 is 5.32 Å². The first-order valence-electron chi connectivity index (χ1n) is 10.3. The highest BCUT2D eigenvalue weighted by Gasteiger charge is 2.35. The van der Waals surface area contributed by atoms with E-state index in [-0.39, 0.29) is 23.2 Å². The van der Waals surface area contributed by atoms with Crippen LogP contribution in [0.2, 0.25) is 0 Å². The summed E-state index contributed by atoms with van der Waals surface area (Å²) in [7, 11) is -3.17. The van der Waals surface area contributed by atoms with Crippen molar-refractivity contribution in [2.24, 2.45) is 0 Å². The summed E-state index contributed by atoms with van der Waals surface area (Å²) in [5.41, 5.74) is 2.59. The van der Waals surface area contributed by atoms with Gasteiger partial charge in [-0.05, 0) is 48.7 Å². The van der Waals surface area contributed by atoms with Crippen LogP contribution >= 0.6 is 0 Å². The highest BCUT2D eigenvalue weighted by atomic mass is 32.2. The molecular formula is C24H24N2O5S. The van der Waals surface area contributed by atoms with Crippen molar-refractivity contribution >= 4 is 27.3 Å². The van der Waals surface area contributed by atoms with Crippen LogP contribution in [0.15, 0.2) is 71.3 Å². The number of furan rings is 1. The van der Waals surface area contributed by atoms with Crippen molar-refractivity contribution in [1.82, 2.24) is 4.90 Å². The highest BCUT2D eigenvalue weighted by Crippen LogP contribution is 2.25. The number of carbonyl (C=O) groups excluding carboxylic acids is 2. The largest absolute Gasteiger partial charge is 0.459 e. The monoisotopic (exact) mass is 452 g/mol. The van der Waals surface area contributed by atoms with Gasteiger partial charge < -0.3 is 14.6 Å². The molecule has 2 heterocycles. The van der Waals surface area contributed by atoms with Crippen molar-refractivity contribution in [1.29, 1.82) is 0 Å². The average molecular weight is 453 g/mol. The maximum Gasteiger partial charge on any atom is 0.291 e. The lowest BCUT2D eigenvalue weighted by atomic mass is 10.1. The summed E-state index contributed by atoms with van der Waals surface area (Å²) in [6.45, 7) is 2.14. The number of sulfone groups is 1. The van der Waals surface area contributed by atoms with E-state index in [1.807, 2.05) is 37.3 Å². The van der Waals surface area contributed by atoms with E-state index in [9.17, 15) is 18.0 Å². The molecule has 0 aliphatic carbocycles. The number of carbonyl (C=O) groups is 2. The second-order valence-corrected chi connectivity index (χ2v) is 10.2.